The molecule has 5 N–H and O–H groups in total. The third-order valence-electron chi connectivity index (χ3n) is 5.27. The van der Waals surface area contributed by atoms with Gasteiger partial charge in [-0.2, -0.15) is 0 Å². The first-order valence-electron chi connectivity index (χ1n) is 10.5. The Morgan fingerprint density at radius 1 is 0.941 bits per heavy atom. The van der Waals surface area contributed by atoms with Crippen LogP contribution in [0.4, 0.5) is 11.4 Å². The number of carbonyl (C=O) groups is 1. The summed E-state index contributed by atoms with van der Waals surface area (Å²) >= 11 is 0. The van der Waals surface area contributed by atoms with Gasteiger partial charge in [-0.3, -0.25) is 4.79 Å². The summed E-state index contributed by atoms with van der Waals surface area (Å²) in [7, 11) is -3.95. The van der Waals surface area contributed by atoms with E-state index in [1.165, 1.54) is 24.5 Å². The van der Waals surface area contributed by atoms with Crippen molar-refractivity contribution in [2.24, 2.45) is 5.73 Å². The SMILES string of the molecule is NCc1cccc(-c2ccccc2)c1S(=O)(=O)n1ccc(/C=C/C(=O)Nc2ccccc2N)c1. The molecule has 0 spiro atoms. The molecule has 0 saturated carbocycles. The Labute approximate surface area is 198 Å². The van der Waals surface area contributed by atoms with Gasteiger partial charge in [-0.15, -0.1) is 0 Å². The molecule has 0 bridgehead atoms. The summed E-state index contributed by atoms with van der Waals surface area (Å²) in [6, 6.07) is 23.1. The third-order valence-corrected chi connectivity index (χ3v) is 7.05. The summed E-state index contributed by atoms with van der Waals surface area (Å²) in [5, 5.41) is 2.69. The number of hydrogen-bond acceptors (Lipinski definition) is 5. The maximum Gasteiger partial charge on any atom is 0.268 e. The van der Waals surface area contributed by atoms with E-state index in [0.717, 1.165) is 9.54 Å². The molecule has 1 heterocycles. The van der Waals surface area contributed by atoms with Crippen molar-refractivity contribution in [2.45, 2.75) is 11.4 Å². The lowest BCUT2D eigenvalue weighted by molar-refractivity contribution is -0.111. The Bertz CT molecular complexity index is 1460. The molecule has 0 fully saturated rings. The van der Waals surface area contributed by atoms with Crippen molar-refractivity contribution in [2.75, 3.05) is 11.1 Å². The number of anilines is 2. The monoisotopic (exact) mass is 472 g/mol. The molecule has 34 heavy (non-hydrogen) atoms. The number of hydrogen-bond donors (Lipinski definition) is 3. The van der Waals surface area contributed by atoms with Gasteiger partial charge in [0.25, 0.3) is 10.0 Å². The van der Waals surface area contributed by atoms with E-state index >= 15 is 0 Å². The first-order valence-corrected chi connectivity index (χ1v) is 12.0. The molecule has 8 heteroatoms. The number of nitrogens with zero attached hydrogens (tertiary/aromatic N) is 1. The van der Waals surface area contributed by atoms with Crippen LogP contribution >= 0.6 is 0 Å². The average Bonchev–Trinajstić information content (AvgIpc) is 3.34. The fourth-order valence-electron chi connectivity index (χ4n) is 3.60. The number of nitrogens with one attached hydrogen (secondary N) is 1. The summed E-state index contributed by atoms with van der Waals surface area (Å²) in [5.41, 5.74) is 15.1. The molecule has 172 valence electrons. The highest BCUT2D eigenvalue weighted by molar-refractivity contribution is 7.90. The highest BCUT2D eigenvalue weighted by atomic mass is 32.2. The Morgan fingerprint density at radius 3 is 2.41 bits per heavy atom. The minimum Gasteiger partial charge on any atom is -0.397 e. The van der Waals surface area contributed by atoms with Crippen molar-refractivity contribution >= 4 is 33.4 Å². The van der Waals surface area contributed by atoms with Crippen molar-refractivity contribution in [1.82, 2.24) is 3.97 Å². The van der Waals surface area contributed by atoms with Crippen LogP contribution in [0, 0.1) is 0 Å². The molecule has 0 saturated heterocycles. The van der Waals surface area contributed by atoms with E-state index < -0.39 is 10.0 Å². The molecule has 1 aromatic heterocycles. The Kier molecular flexibility index (Phi) is 6.62. The molecule has 1 amide bonds. The molecule has 3 aromatic carbocycles. The predicted molar refractivity (Wildman–Crippen MR) is 135 cm³/mol. The van der Waals surface area contributed by atoms with Gasteiger partial charge >= 0.3 is 0 Å². The van der Waals surface area contributed by atoms with Gasteiger partial charge in [0, 0.05) is 30.6 Å². The van der Waals surface area contributed by atoms with E-state index in [2.05, 4.69) is 5.32 Å². The van der Waals surface area contributed by atoms with Gasteiger partial charge in [0.05, 0.1) is 11.4 Å². The van der Waals surface area contributed by atoms with Crippen LogP contribution in [0.3, 0.4) is 0 Å². The van der Waals surface area contributed by atoms with Gasteiger partial charge in [0.15, 0.2) is 0 Å². The van der Waals surface area contributed by atoms with Crippen molar-refractivity contribution in [3.8, 4) is 11.1 Å². The number of rotatable bonds is 7. The highest BCUT2D eigenvalue weighted by Gasteiger charge is 2.24. The number of carbonyl (C=O) groups excluding carboxylic acids is 1. The van der Waals surface area contributed by atoms with Crippen molar-refractivity contribution in [3.63, 3.8) is 0 Å². The van der Waals surface area contributed by atoms with Crippen molar-refractivity contribution in [1.29, 1.82) is 0 Å². The second-order valence-electron chi connectivity index (χ2n) is 7.55. The first-order chi connectivity index (χ1) is 16.4. The van der Waals surface area contributed by atoms with E-state index in [-0.39, 0.29) is 17.3 Å². The lowest BCUT2D eigenvalue weighted by atomic mass is 10.0. The number of para-hydroxylation sites is 2. The molecule has 0 unspecified atom stereocenters. The van der Waals surface area contributed by atoms with Gasteiger partial charge in [-0.1, -0.05) is 60.7 Å². The van der Waals surface area contributed by atoms with Crippen LogP contribution in [0.2, 0.25) is 0 Å². The van der Waals surface area contributed by atoms with Crippen LogP contribution in [-0.4, -0.2) is 18.3 Å². The Morgan fingerprint density at radius 2 is 1.68 bits per heavy atom. The van der Waals surface area contributed by atoms with Crippen LogP contribution < -0.4 is 16.8 Å². The molecule has 4 aromatic rings. The van der Waals surface area contributed by atoms with E-state index in [0.29, 0.717) is 28.1 Å². The largest absolute Gasteiger partial charge is 0.397 e. The zero-order valence-electron chi connectivity index (χ0n) is 18.3. The lowest BCUT2D eigenvalue weighted by Gasteiger charge is -2.15. The minimum atomic E-state index is -3.95. The van der Waals surface area contributed by atoms with Gasteiger partial charge < -0.3 is 16.8 Å². The smallest absolute Gasteiger partial charge is 0.268 e. The van der Waals surface area contributed by atoms with Crippen LogP contribution in [0.1, 0.15) is 11.1 Å². The zero-order valence-corrected chi connectivity index (χ0v) is 19.1. The number of amides is 1. The second kappa shape index (κ2) is 9.78. The average molecular weight is 473 g/mol. The van der Waals surface area contributed by atoms with Crippen LogP contribution in [0.5, 0.6) is 0 Å². The summed E-state index contributed by atoms with van der Waals surface area (Å²) < 4.78 is 28.4. The highest BCUT2D eigenvalue weighted by Crippen LogP contribution is 2.32. The Hall–Kier alpha value is -4.14. The predicted octanol–water partition coefficient (Wildman–Crippen LogP) is 4.08. The third kappa shape index (κ3) is 4.78. The number of nitrogens with two attached hydrogens (primary N) is 2. The molecule has 7 nitrogen and oxygen atoms in total. The van der Waals surface area contributed by atoms with E-state index in [1.807, 2.05) is 30.3 Å². The lowest BCUT2D eigenvalue weighted by Crippen LogP contribution is -2.16. The molecule has 0 aliphatic rings. The van der Waals surface area contributed by atoms with Crippen LogP contribution in [0.25, 0.3) is 17.2 Å². The molecule has 0 aliphatic carbocycles. The van der Waals surface area contributed by atoms with Crippen LogP contribution in [-0.2, 0) is 21.4 Å². The molecular formula is C26H24N4O3S. The molecule has 4 rings (SSSR count). The van der Waals surface area contributed by atoms with Gasteiger partial charge in [-0.25, -0.2) is 12.4 Å². The fraction of sp³-hybridized carbons (Fsp3) is 0.0385. The van der Waals surface area contributed by atoms with Gasteiger partial charge in [0.1, 0.15) is 4.90 Å². The summed E-state index contributed by atoms with van der Waals surface area (Å²) in [5.74, 6) is -0.381. The minimum absolute atomic E-state index is 0.0755. The molecule has 0 aliphatic heterocycles. The summed E-state index contributed by atoms with van der Waals surface area (Å²) in [6.45, 7) is 0.0755. The number of aromatic nitrogens is 1. The van der Waals surface area contributed by atoms with Gasteiger partial charge in [0.2, 0.25) is 5.91 Å². The van der Waals surface area contributed by atoms with E-state index in [1.54, 1.807) is 48.5 Å². The topological polar surface area (TPSA) is 120 Å². The van der Waals surface area contributed by atoms with E-state index in [9.17, 15) is 13.2 Å². The van der Waals surface area contributed by atoms with Crippen molar-refractivity contribution < 1.29 is 13.2 Å². The fourth-order valence-corrected chi connectivity index (χ4v) is 5.24. The Balaban J connectivity index is 1.63. The summed E-state index contributed by atoms with van der Waals surface area (Å²) in [6.07, 6.45) is 5.76. The van der Waals surface area contributed by atoms with Crippen molar-refractivity contribution in [3.05, 3.63) is 108 Å². The standard InChI is InChI=1S/C26H24N4O3S/c27-17-21-9-6-10-22(20-7-2-1-3-8-20)26(21)34(32,33)30-16-15-19(18-30)13-14-25(31)29-24-12-5-4-11-23(24)28/h1-16,18H,17,27-28H2,(H,29,31)/b14-13+. The molecular weight excluding hydrogens is 448 g/mol. The normalized spacial score (nSPS) is 11.6. The quantitative estimate of drug-likeness (QED) is 0.276. The molecule has 0 radical (unpaired) electrons. The van der Waals surface area contributed by atoms with Crippen LogP contribution in [0.15, 0.2) is 102 Å². The maximum absolute atomic E-state index is 13.6. The number of benzene rings is 3. The number of nitrogen functional groups attached to an aromatic ring is 1. The second-order valence-corrected chi connectivity index (χ2v) is 9.33. The zero-order chi connectivity index (χ0) is 24.1. The first kappa shape index (κ1) is 23.0. The maximum atomic E-state index is 13.6. The molecule has 0 atom stereocenters. The van der Waals surface area contributed by atoms with Gasteiger partial charge in [-0.05, 0) is 41.0 Å². The van der Waals surface area contributed by atoms with E-state index in [4.69, 9.17) is 11.5 Å². The summed E-state index contributed by atoms with van der Waals surface area (Å²) in [4.78, 5) is 12.4.